The third-order valence-electron chi connectivity index (χ3n) is 1.01. The van der Waals surface area contributed by atoms with E-state index in [2.05, 4.69) is 15.6 Å². The standard InChI is InChI=1S/C8H16N2O3/c1-5-13-7(12)6(11)9-10-8(2,3)4/h10H,5H2,1-4H3,(H,9,11). The fraction of sp³-hybridized carbons (Fsp3) is 0.750. The SMILES string of the molecule is CCOC(=O)C(=O)NNC(C)(C)C. The Morgan fingerprint density at radius 1 is 1.31 bits per heavy atom. The molecule has 0 fully saturated rings. The first-order valence-corrected chi connectivity index (χ1v) is 4.11. The van der Waals surface area contributed by atoms with Gasteiger partial charge in [-0.15, -0.1) is 0 Å². The summed E-state index contributed by atoms with van der Waals surface area (Å²) >= 11 is 0. The molecular weight excluding hydrogens is 172 g/mol. The van der Waals surface area contributed by atoms with Crippen LogP contribution in [0.15, 0.2) is 0 Å². The monoisotopic (exact) mass is 188 g/mol. The van der Waals surface area contributed by atoms with Gasteiger partial charge in [0.05, 0.1) is 6.61 Å². The van der Waals surface area contributed by atoms with E-state index in [1.807, 2.05) is 20.8 Å². The van der Waals surface area contributed by atoms with Gasteiger partial charge in [-0.05, 0) is 27.7 Å². The number of rotatable bonds is 2. The molecule has 0 bridgehead atoms. The topological polar surface area (TPSA) is 67.4 Å². The Hall–Kier alpha value is -1.10. The summed E-state index contributed by atoms with van der Waals surface area (Å²) in [4.78, 5) is 21.7. The highest BCUT2D eigenvalue weighted by Gasteiger charge is 2.17. The van der Waals surface area contributed by atoms with E-state index in [0.717, 1.165) is 0 Å². The molecule has 0 rings (SSSR count). The highest BCUT2D eigenvalue weighted by molar-refractivity contribution is 6.32. The average molecular weight is 188 g/mol. The van der Waals surface area contributed by atoms with E-state index < -0.39 is 11.9 Å². The Labute approximate surface area is 77.8 Å². The fourth-order valence-electron chi connectivity index (χ4n) is 0.492. The summed E-state index contributed by atoms with van der Waals surface area (Å²) in [7, 11) is 0. The van der Waals surface area contributed by atoms with Gasteiger partial charge in [-0.2, -0.15) is 0 Å². The largest absolute Gasteiger partial charge is 0.459 e. The van der Waals surface area contributed by atoms with Gasteiger partial charge in [-0.1, -0.05) is 0 Å². The Bertz CT molecular complexity index is 196. The molecule has 0 spiro atoms. The minimum atomic E-state index is -0.876. The summed E-state index contributed by atoms with van der Waals surface area (Å²) < 4.78 is 4.48. The Kier molecular flexibility index (Phi) is 4.40. The second-order valence-electron chi connectivity index (χ2n) is 3.55. The highest BCUT2D eigenvalue weighted by Crippen LogP contribution is 1.95. The lowest BCUT2D eigenvalue weighted by molar-refractivity contribution is -0.155. The summed E-state index contributed by atoms with van der Waals surface area (Å²) in [6, 6.07) is 0. The van der Waals surface area contributed by atoms with E-state index in [4.69, 9.17) is 0 Å². The second-order valence-corrected chi connectivity index (χ2v) is 3.55. The number of carbonyl (C=O) groups excluding carboxylic acids is 2. The van der Waals surface area contributed by atoms with E-state index in [-0.39, 0.29) is 12.1 Å². The van der Waals surface area contributed by atoms with Crippen LogP contribution in [0.4, 0.5) is 0 Å². The lowest BCUT2D eigenvalue weighted by atomic mass is 10.1. The van der Waals surface area contributed by atoms with Gasteiger partial charge in [0.2, 0.25) is 0 Å². The molecule has 0 aliphatic heterocycles. The van der Waals surface area contributed by atoms with Crippen molar-refractivity contribution in [3.63, 3.8) is 0 Å². The zero-order valence-electron chi connectivity index (χ0n) is 8.43. The molecule has 13 heavy (non-hydrogen) atoms. The number of amides is 1. The van der Waals surface area contributed by atoms with Crippen LogP contribution in [0.25, 0.3) is 0 Å². The molecule has 0 saturated carbocycles. The maximum absolute atomic E-state index is 10.9. The molecule has 2 N–H and O–H groups in total. The molecule has 0 atom stereocenters. The number of esters is 1. The predicted octanol–water partition coefficient (Wildman–Crippen LogP) is -0.0312. The zero-order valence-corrected chi connectivity index (χ0v) is 8.43. The van der Waals surface area contributed by atoms with Crippen molar-refractivity contribution in [1.29, 1.82) is 0 Å². The number of hydrogen-bond donors (Lipinski definition) is 2. The number of hydrogen-bond acceptors (Lipinski definition) is 4. The van der Waals surface area contributed by atoms with Gasteiger partial charge in [-0.25, -0.2) is 10.2 Å². The van der Waals surface area contributed by atoms with Crippen molar-refractivity contribution in [2.45, 2.75) is 33.2 Å². The third kappa shape index (κ3) is 6.10. The van der Waals surface area contributed by atoms with Gasteiger partial charge in [0, 0.05) is 5.54 Å². The number of ether oxygens (including phenoxy) is 1. The van der Waals surface area contributed by atoms with Crippen LogP contribution in [-0.4, -0.2) is 24.0 Å². The molecular formula is C8H16N2O3. The Morgan fingerprint density at radius 2 is 1.85 bits per heavy atom. The van der Waals surface area contributed by atoms with Crippen molar-refractivity contribution in [3.8, 4) is 0 Å². The summed E-state index contributed by atoms with van der Waals surface area (Å²) in [5.41, 5.74) is 4.63. The number of carbonyl (C=O) groups is 2. The quantitative estimate of drug-likeness (QED) is 0.363. The van der Waals surface area contributed by atoms with Crippen LogP contribution in [-0.2, 0) is 14.3 Å². The van der Waals surface area contributed by atoms with Crippen molar-refractivity contribution in [2.75, 3.05) is 6.61 Å². The van der Waals surface area contributed by atoms with Crippen molar-refractivity contribution in [2.24, 2.45) is 0 Å². The van der Waals surface area contributed by atoms with E-state index in [0.29, 0.717) is 0 Å². The van der Waals surface area contributed by atoms with Crippen LogP contribution < -0.4 is 10.9 Å². The molecule has 0 aromatic rings. The molecule has 76 valence electrons. The first kappa shape index (κ1) is 11.9. The lowest BCUT2D eigenvalue weighted by Crippen LogP contribution is -2.51. The minimum absolute atomic E-state index is 0.196. The van der Waals surface area contributed by atoms with Crippen molar-refractivity contribution >= 4 is 11.9 Å². The van der Waals surface area contributed by atoms with Crippen molar-refractivity contribution < 1.29 is 14.3 Å². The molecule has 0 heterocycles. The van der Waals surface area contributed by atoms with E-state index in [9.17, 15) is 9.59 Å². The summed E-state index contributed by atoms with van der Waals surface area (Å²) in [6.45, 7) is 7.42. The maximum atomic E-state index is 10.9. The summed E-state index contributed by atoms with van der Waals surface area (Å²) in [6.07, 6.45) is 0. The van der Waals surface area contributed by atoms with Gasteiger partial charge >= 0.3 is 11.9 Å². The molecule has 0 saturated heterocycles. The highest BCUT2D eigenvalue weighted by atomic mass is 16.5. The van der Waals surface area contributed by atoms with Crippen molar-refractivity contribution in [3.05, 3.63) is 0 Å². The molecule has 5 heteroatoms. The first-order chi connectivity index (χ1) is 5.87. The second kappa shape index (κ2) is 4.81. The van der Waals surface area contributed by atoms with Gasteiger partial charge in [-0.3, -0.25) is 10.2 Å². The molecule has 0 aromatic carbocycles. The van der Waals surface area contributed by atoms with Crippen LogP contribution in [0.2, 0.25) is 0 Å². The molecule has 0 aliphatic rings. The smallest absolute Gasteiger partial charge is 0.398 e. The van der Waals surface area contributed by atoms with Crippen LogP contribution in [0, 0.1) is 0 Å². The third-order valence-corrected chi connectivity index (χ3v) is 1.01. The van der Waals surface area contributed by atoms with Crippen LogP contribution in [0.5, 0.6) is 0 Å². The maximum Gasteiger partial charge on any atom is 0.398 e. The average Bonchev–Trinajstić information content (AvgIpc) is 1.99. The van der Waals surface area contributed by atoms with E-state index in [1.54, 1.807) is 6.92 Å². The molecule has 0 radical (unpaired) electrons. The van der Waals surface area contributed by atoms with Crippen LogP contribution in [0.1, 0.15) is 27.7 Å². The van der Waals surface area contributed by atoms with Crippen molar-refractivity contribution in [1.82, 2.24) is 10.9 Å². The lowest BCUT2D eigenvalue weighted by Gasteiger charge is -2.20. The Morgan fingerprint density at radius 3 is 2.23 bits per heavy atom. The summed E-state index contributed by atoms with van der Waals surface area (Å²) in [5.74, 6) is -1.66. The fourth-order valence-corrected chi connectivity index (χ4v) is 0.492. The Balaban J connectivity index is 3.82. The molecule has 1 amide bonds. The normalized spacial score (nSPS) is 10.8. The predicted molar refractivity (Wildman–Crippen MR) is 47.7 cm³/mol. The first-order valence-electron chi connectivity index (χ1n) is 4.11. The molecule has 0 aliphatic carbocycles. The minimum Gasteiger partial charge on any atom is -0.459 e. The number of nitrogens with one attached hydrogen (secondary N) is 2. The molecule has 0 aromatic heterocycles. The van der Waals surface area contributed by atoms with Gasteiger partial charge in [0.1, 0.15) is 0 Å². The molecule has 5 nitrogen and oxygen atoms in total. The van der Waals surface area contributed by atoms with Gasteiger partial charge < -0.3 is 4.74 Å². The zero-order chi connectivity index (χ0) is 10.5. The van der Waals surface area contributed by atoms with Gasteiger partial charge in [0.25, 0.3) is 0 Å². The molecule has 0 unspecified atom stereocenters. The van der Waals surface area contributed by atoms with E-state index >= 15 is 0 Å². The number of hydrazine groups is 1. The van der Waals surface area contributed by atoms with E-state index in [1.165, 1.54) is 0 Å². The van der Waals surface area contributed by atoms with Crippen LogP contribution >= 0.6 is 0 Å². The summed E-state index contributed by atoms with van der Waals surface area (Å²) in [5, 5.41) is 0. The van der Waals surface area contributed by atoms with Crippen LogP contribution in [0.3, 0.4) is 0 Å². The van der Waals surface area contributed by atoms with Gasteiger partial charge in [0.15, 0.2) is 0 Å².